The van der Waals surface area contributed by atoms with Crippen molar-refractivity contribution in [3.8, 4) is 16.9 Å². The number of hydrogen-bond acceptors (Lipinski definition) is 9. The number of amides is 1. The molecule has 0 heterocycles. The molecule has 1 amide bonds. The number of hydrogen-bond donors (Lipinski definition) is 5. The number of rotatable bonds is 9. The number of nitrogens with zero attached hydrogens (tertiary/aromatic N) is 1. The first-order chi connectivity index (χ1) is 18.3. The van der Waals surface area contributed by atoms with Crippen LogP contribution >= 0.6 is 0 Å². The minimum absolute atomic E-state index is 0.0568. The SMILES string of the molecule is CCc1c(-c2cccc(C=O)c2)ccc(O)c1C(=O)/C=C(\O)[C@]1(O)C(=O)C(C(N)=O)=C(O)[C@@H](N(C)C)[C@@H]1CC. The summed E-state index contributed by atoms with van der Waals surface area (Å²) in [5, 5.41) is 44.0. The van der Waals surface area contributed by atoms with Gasteiger partial charge in [0.15, 0.2) is 11.4 Å². The van der Waals surface area contributed by atoms with Crippen molar-refractivity contribution in [2.24, 2.45) is 11.7 Å². The Morgan fingerprint density at radius 3 is 2.33 bits per heavy atom. The van der Waals surface area contributed by atoms with E-state index in [4.69, 9.17) is 5.73 Å². The van der Waals surface area contributed by atoms with Gasteiger partial charge in [0.2, 0.25) is 5.78 Å². The number of likely N-dealkylation sites (N-methyl/N-ethyl adjacent to an activating group) is 1. The van der Waals surface area contributed by atoms with E-state index in [9.17, 15) is 39.6 Å². The summed E-state index contributed by atoms with van der Waals surface area (Å²) in [6.07, 6.45) is 1.65. The fourth-order valence-electron chi connectivity index (χ4n) is 5.34. The highest BCUT2D eigenvalue weighted by molar-refractivity contribution is 6.24. The van der Waals surface area contributed by atoms with Crippen LogP contribution in [-0.2, 0) is 16.0 Å². The fourth-order valence-corrected chi connectivity index (χ4v) is 5.34. The van der Waals surface area contributed by atoms with Crippen molar-refractivity contribution >= 4 is 23.8 Å². The molecule has 0 unspecified atom stereocenters. The first-order valence-corrected chi connectivity index (χ1v) is 12.4. The molecule has 10 heteroatoms. The topological polar surface area (TPSA) is 178 Å². The zero-order valence-electron chi connectivity index (χ0n) is 22.1. The van der Waals surface area contributed by atoms with Gasteiger partial charge < -0.3 is 26.2 Å². The number of Topliss-reactive ketones (excluding diaryl/α,β-unsaturated/α-hetero) is 1. The van der Waals surface area contributed by atoms with E-state index in [1.54, 1.807) is 58.3 Å². The summed E-state index contributed by atoms with van der Waals surface area (Å²) in [6, 6.07) is 8.46. The van der Waals surface area contributed by atoms with Crippen LogP contribution in [-0.4, -0.2) is 74.8 Å². The molecule has 0 saturated heterocycles. The predicted molar refractivity (Wildman–Crippen MR) is 143 cm³/mol. The smallest absolute Gasteiger partial charge is 0.255 e. The third-order valence-electron chi connectivity index (χ3n) is 7.15. The van der Waals surface area contributed by atoms with E-state index in [2.05, 4.69) is 0 Å². The van der Waals surface area contributed by atoms with Crippen LogP contribution in [0.4, 0.5) is 0 Å². The molecular formula is C29H32N2O8. The Balaban J connectivity index is 2.20. The number of primary amides is 1. The number of benzene rings is 2. The lowest BCUT2D eigenvalue weighted by molar-refractivity contribution is -0.145. The highest BCUT2D eigenvalue weighted by atomic mass is 16.3. The molecule has 0 spiro atoms. The minimum atomic E-state index is -2.77. The van der Waals surface area contributed by atoms with Crippen molar-refractivity contribution in [1.82, 2.24) is 4.90 Å². The lowest BCUT2D eigenvalue weighted by atomic mass is 9.68. The van der Waals surface area contributed by atoms with Gasteiger partial charge in [0.05, 0.1) is 11.6 Å². The number of allylic oxidation sites excluding steroid dienone is 1. The Labute approximate surface area is 225 Å². The quantitative estimate of drug-likeness (QED) is 0.106. The summed E-state index contributed by atoms with van der Waals surface area (Å²) >= 11 is 0. The van der Waals surface area contributed by atoms with Gasteiger partial charge in [-0.25, -0.2) is 0 Å². The molecule has 3 atom stereocenters. The molecule has 2 aromatic rings. The van der Waals surface area contributed by atoms with Gasteiger partial charge >= 0.3 is 0 Å². The van der Waals surface area contributed by atoms with Crippen LogP contribution in [0.2, 0.25) is 0 Å². The Hall–Kier alpha value is -4.28. The van der Waals surface area contributed by atoms with E-state index in [0.717, 1.165) is 0 Å². The van der Waals surface area contributed by atoms with Crippen LogP contribution in [0.25, 0.3) is 11.1 Å². The van der Waals surface area contributed by atoms with E-state index < -0.39 is 57.9 Å². The molecule has 0 bridgehead atoms. The van der Waals surface area contributed by atoms with Gasteiger partial charge in [-0.3, -0.25) is 24.1 Å². The predicted octanol–water partition coefficient (Wildman–Crippen LogP) is 2.63. The highest BCUT2D eigenvalue weighted by Gasteiger charge is 2.58. The van der Waals surface area contributed by atoms with Crippen LogP contribution in [0.1, 0.15) is 46.5 Å². The standard InChI is InChI=1S/C29H32N2O8/c1-5-17-18(16-9-7-8-15(12-16)14-32)10-11-20(33)23(17)21(34)13-22(35)29(39)19(6-2)25(31(3)4)26(36)24(27(29)37)28(30)38/h7-14,19,25,33,35-36,39H,5-6H2,1-4H3,(H2,30,38)/b22-13-/t19-,25-,29-/m0/s1. The third kappa shape index (κ3) is 4.96. The number of aliphatic hydroxyl groups excluding tert-OH is 2. The maximum absolute atomic E-state index is 13.5. The number of phenols is 1. The lowest BCUT2D eigenvalue weighted by Gasteiger charge is -2.44. The van der Waals surface area contributed by atoms with E-state index in [-0.39, 0.29) is 18.4 Å². The number of phenolic OH excluding ortho intramolecular Hbond substituents is 1. The summed E-state index contributed by atoms with van der Waals surface area (Å²) in [4.78, 5) is 51.6. The Kier molecular flexibility index (Phi) is 8.42. The fraction of sp³-hybridized carbons (Fsp3) is 0.310. The number of aldehydes is 1. The van der Waals surface area contributed by atoms with E-state index in [0.29, 0.717) is 34.6 Å². The van der Waals surface area contributed by atoms with Gasteiger partial charge in [0, 0.05) is 17.6 Å². The van der Waals surface area contributed by atoms with E-state index >= 15 is 0 Å². The van der Waals surface area contributed by atoms with Crippen LogP contribution < -0.4 is 5.73 Å². The molecule has 39 heavy (non-hydrogen) atoms. The van der Waals surface area contributed by atoms with Crippen molar-refractivity contribution in [1.29, 1.82) is 0 Å². The Morgan fingerprint density at radius 1 is 1.13 bits per heavy atom. The molecule has 206 valence electrons. The monoisotopic (exact) mass is 536 g/mol. The maximum atomic E-state index is 13.5. The zero-order chi connectivity index (χ0) is 29.2. The average molecular weight is 537 g/mol. The van der Waals surface area contributed by atoms with E-state index in [1.807, 2.05) is 0 Å². The second kappa shape index (κ2) is 11.2. The van der Waals surface area contributed by atoms with Crippen molar-refractivity contribution in [3.05, 3.63) is 76.3 Å². The van der Waals surface area contributed by atoms with Gasteiger partial charge in [0.25, 0.3) is 5.91 Å². The normalized spacial score (nSPS) is 21.8. The van der Waals surface area contributed by atoms with Gasteiger partial charge in [-0.2, -0.15) is 0 Å². The van der Waals surface area contributed by atoms with Gasteiger partial charge in [-0.15, -0.1) is 0 Å². The van der Waals surface area contributed by atoms with Gasteiger partial charge in [0.1, 0.15) is 29.1 Å². The molecule has 0 aliphatic heterocycles. The molecular weight excluding hydrogens is 504 g/mol. The van der Waals surface area contributed by atoms with Crippen LogP contribution in [0.3, 0.4) is 0 Å². The first-order valence-electron chi connectivity index (χ1n) is 12.4. The maximum Gasteiger partial charge on any atom is 0.255 e. The summed E-state index contributed by atoms with van der Waals surface area (Å²) in [6.45, 7) is 3.36. The number of carbonyl (C=O) groups excluding carboxylic acids is 4. The largest absolute Gasteiger partial charge is 0.510 e. The molecule has 2 aromatic carbocycles. The molecule has 1 aliphatic rings. The molecule has 0 aromatic heterocycles. The Bertz CT molecular complexity index is 1410. The molecule has 0 saturated carbocycles. The number of carbonyl (C=O) groups is 4. The Morgan fingerprint density at radius 2 is 1.79 bits per heavy atom. The first kappa shape index (κ1) is 29.3. The minimum Gasteiger partial charge on any atom is -0.510 e. The summed E-state index contributed by atoms with van der Waals surface area (Å²) in [5.74, 6) is -6.80. The van der Waals surface area contributed by atoms with Crippen LogP contribution in [0, 0.1) is 5.92 Å². The van der Waals surface area contributed by atoms with Gasteiger partial charge in [-0.05, 0) is 55.8 Å². The lowest BCUT2D eigenvalue weighted by Crippen LogP contribution is -2.61. The second-order valence-corrected chi connectivity index (χ2v) is 9.62. The molecule has 0 fully saturated rings. The summed E-state index contributed by atoms with van der Waals surface area (Å²) in [5.41, 5.74) is 3.51. The molecule has 6 N–H and O–H groups in total. The van der Waals surface area contributed by atoms with Crippen LogP contribution in [0.5, 0.6) is 5.75 Å². The van der Waals surface area contributed by atoms with Crippen molar-refractivity contribution in [2.75, 3.05) is 14.1 Å². The van der Waals surface area contributed by atoms with Crippen LogP contribution in [0.15, 0.2) is 59.6 Å². The summed E-state index contributed by atoms with van der Waals surface area (Å²) < 4.78 is 0. The average Bonchev–Trinajstić information content (AvgIpc) is 2.89. The number of aliphatic hydroxyl groups is 3. The van der Waals surface area contributed by atoms with Crippen molar-refractivity contribution in [3.63, 3.8) is 0 Å². The molecule has 1 aliphatic carbocycles. The number of ketones is 2. The van der Waals surface area contributed by atoms with Gasteiger partial charge in [-0.1, -0.05) is 38.1 Å². The molecule has 0 radical (unpaired) electrons. The number of aromatic hydroxyl groups is 1. The second-order valence-electron chi connectivity index (χ2n) is 9.62. The number of nitrogens with two attached hydrogens (primary N) is 1. The molecule has 3 rings (SSSR count). The molecule has 10 nitrogen and oxygen atoms in total. The zero-order valence-corrected chi connectivity index (χ0v) is 22.1. The van der Waals surface area contributed by atoms with Crippen molar-refractivity contribution < 1.29 is 39.6 Å². The van der Waals surface area contributed by atoms with E-state index in [1.165, 1.54) is 11.0 Å². The summed E-state index contributed by atoms with van der Waals surface area (Å²) in [7, 11) is 3.09. The van der Waals surface area contributed by atoms with Crippen molar-refractivity contribution in [2.45, 2.75) is 38.3 Å². The highest BCUT2D eigenvalue weighted by Crippen LogP contribution is 2.42. The third-order valence-corrected chi connectivity index (χ3v) is 7.15.